The Bertz CT molecular complexity index is 689. The standard InChI is InChI=1S/C15H11ClFNO3/c1-21-15(20)11-7-10(12(16)8-13(11)17)14(19)18-9-5-3-2-4-6-9/h2-8H,1H3,(H,18,19). The van der Waals surface area contributed by atoms with Crippen LogP contribution in [0.1, 0.15) is 20.7 Å². The first-order valence-corrected chi connectivity index (χ1v) is 6.34. The zero-order valence-electron chi connectivity index (χ0n) is 11.0. The monoisotopic (exact) mass is 307 g/mol. The van der Waals surface area contributed by atoms with E-state index in [1.165, 1.54) is 0 Å². The fourth-order valence-corrected chi connectivity index (χ4v) is 1.95. The number of amides is 1. The van der Waals surface area contributed by atoms with Crippen LogP contribution in [0.15, 0.2) is 42.5 Å². The van der Waals surface area contributed by atoms with Crippen molar-refractivity contribution < 1.29 is 18.7 Å². The fraction of sp³-hybridized carbons (Fsp3) is 0.0667. The molecule has 0 atom stereocenters. The predicted molar refractivity (Wildman–Crippen MR) is 77.1 cm³/mol. The van der Waals surface area contributed by atoms with Crippen molar-refractivity contribution in [2.24, 2.45) is 0 Å². The summed E-state index contributed by atoms with van der Waals surface area (Å²) in [5, 5.41) is 2.52. The van der Waals surface area contributed by atoms with E-state index >= 15 is 0 Å². The molecule has 0 radical (unpaired) electrons. The van der Waals surface area contributed by atoms with Crippen molar-refractivity contribution in [3.05, 3.63) is 64.4 Å². The van der Waals surface area contributed by atoms with Crippen molar-refractivity contribution in [3.63, 3.8) is 0 Å². The van der Waals surface area contributed by atoms with Gasteiger partial charge in [-0.15, -0.1) is 0 Å². The number of para-hydroxylation sites is 1. The molecule has 0 fully saturated rings. The second-order valence-electron chi connectivity index (χ2n) is 4.12. The number of nitrogens with one attached hydrogen (secondary N) is 1. The van der Waals surface area contributed by atoms with Crippen LogP contribution in [0, 0.1) is 5.82 Å². The van der Waals surface area contributed by atoms with Crippen LogP contribution in [0.3, 0.4) is 0 Å². The first-order valence-electron chi connectivity index (χ1n) is 5.96. The molecule has 0 aromatic heterocycles. The summed E-state index contributed by atoms with van der Waals surface area (Å²) in [6.45, 7) is 0. The van der Waals surface area contributed by atoms with Crippen molar-refractivity contribution >= 4 is 29.2 Å². The molecule has 1 N–H and O–H groups in total. The lowest BCUT2D eigenvalue weighted by molar-refractivity contribution is 0.0595. The van der Waals surface area contributed by atoms with Crippen LogP contribution in [0.5, 0.6) is 0 Å². The van der Waals surface area contributed by atoms with Crippen LogP contribution in [0.25, 0.3) is 0 Å². The number of hydrogen-bond donors (Lipinski definition) is 1. The van der Waals surface area contributed by atoms with Crippen molar-refractivity contribution in [1.29, 1.82) is 0 Å². The number of ether oxygens (including phenoxy) is 1. The third-order valence-electron chi connectivity index (χ3n) is 2.74. The molecule has 2 aromatic carbocycles. The molecule has 2 aromatic rings. The van der Waals surface area contributed by atoms with Gasteiger partial charge in [0.05, 0.1) is 23.3 Å². The Morgan fingerprint density at radius 3 is 2.43 bits per heavy atom. The zero-order chi connectivity index (χ0) is 15.4. The Hall–Kier alpha value is -2.40. The van der Waals surface area contributed by atoms with Crippen LogP contribution < -0.4 is 5.32 Å². The number of anilines is 1. The quantitative estimate of drug-likeness (QED) is 0.883. The molecule has 2 rings (SSSR count). The Labute approximate surface area is 125 Å². The molecule has 0 aliphatic rings. The molecule has 0 heterocycles. The molecule has 0 aliphatic carbocycles. The predicted octanol–water partition coefficient (Wildman–Crippen LogP) is 3.52. The molecule has 21 heavy (non-hydrogen) atoms. The Morgan fingerprint density at radius 2 is 1.81 bits per heavy atom. The molecule has 1 amide bonds. The fourth-order valence-electron chi connectivity index (χ4n) is 1.71. The summed E-state index contributed by atoms with van der Waals surface area (Å²) in [4.78, 5) is 23.6. The van der Waals surface area contributed by atoms with Crippen LogP contribution >= 0.6 is 11.6 Å². The Kier molecular flexibility index (Phi) is 4.55. The minimum Gasteiger partial charge on any atom is -0.465 e. The molecule has 0 spiro atoms. The molecular weight excluding hydrogens is 297 g/mol. The average Bonchev–Trinajstić information content (AvgIpc) is 2.47. The molecule has 0 bridgehead atoms. The van der Waals surface area contributed by atoms with Gasteiger partial charge in [-0.25, -0.2) is 9.18 Å². The maximum atomic E-state index is 13.6. The van der Waals surface area contributed by atoms with Gasteiger partial charge in [0.2, 0.25) is 0 Å². The van der Waals surface area contributed by atoms with Gasteiger partial charge in [0.25, 0.3) is 5.91 Å². The summed E-state index contributed by atoms with van der Waals surface area (Å²) in [5.74, 6) is -2.27. The first kappa shape index (κ1) is 15.0. The summed E-state index contributed by atoms with van der Waals surface area (Å²) in [6.07, 6.45) is 0. The van der Waals surface area contributed by atoms with E-state index in [2.05, 4.69) is 10.1 Å². The summed E-state index contributed by atoms with van der Waals surface area (Å²) in [5.41, 5.74) is 0.199. The van der Waals surface area contributed by atoms with Gasteiger partial charge in [-0.1, -0.05) is 29.8 Å². The van der Waals surface area contributed by atoms with Gasteiger partial charge >= 0.3 is 5.97 Å². The highest BCUT2D eigenvalue weighted by Gasteiger charge is 2.19. The average molecular weight is 308 g/mol. The topological polar surface area (TPSA) is 55.4 Å². The van der Waals surface area contributed by atoms with Gasteiger partial charge in [-0.3, -0.25) is 4.79 Å². The number of rotatable bonds is 3. The molecule has 0 saturated carbocycles. The maximum absolute atomic E-state index is 13.6. The van der Waals surface area contributed by atoms with Crippen molar-refractivity contribution in [2.45, 2.75) is 0 Å². The molecule has 0 unspecified atom stereocenters. The lowest BCUT2D eigenvalue weighted by Gasteiger charge is -2.09. The van der Waals surface area contributed by atoms with Gasteiger partial charge in [0.15, 0.2) is 0 Å². The highest BCUT2D eigenvalue weighted by Crippen LogP contribution is 2.22. The first-order chi connectivity index (χ1) is 10.0. The van der Waals surface area contributed by atoms with E-state index in [0.717, 1.165) is 19.2 Å². The number of benzene rings is 2. The number of methoxy groups -OCH3 is 1. The number of carbonyl (C=O) groups is 2. The van der Waals surface area contributed by atoms with Crippen LogP contribution in [0.2, 0.25) is 5.02 Å². The highest BCUT2D eigenvalue weighted by molar-refractivity contribution is 6.34. The largest absolute Gasteiger partial charge is 0.465 e. The molecule has 0 saturated heterocycles. The zero-order valence-corrected chi connectivity index (χ0v) is 11.8. The van der Waals surface area contributed by atoms with E-state index < -0.39 is 17.7 Å². The SMILES string of the molecule is COC(=O)c1cc(C(=O)Nc2ccccc2)c(Cl)cc1F. The van der Waals surface area contributed by atoms with Crippen LogP contribution in [-0.2, 0) is 4.74 Å². The number of carbonyl (C=O) groups excluding carboxylic acids is 2. The molecule has 0 aliphatic heterocycles. The maximum Gasteiger partial charge on any atom is 0.340 e. The van der Waals surface area contributed by atoms with Gasteiger partial charge in [-0.2, -0.15) is 0 Å². The van der Waals surface area contributed by atoms with E-state index in [0.29, 0.717) is 5.69 Å². The van der Waals surface area contributed by atoms with Crippen molar-refractivity contribution in [2.75, 3.05) is 12.4 Å². The number of halogens is 2. The molecule has 6 heteroatoms. The van der Waals surface area contributed by atoms with Gasteiger partial charge in [0.1, 0.15) is 5.82 Å². The third-order valence-corrected chi connectivity index (χ3v) is 3.05. The lowest BCUT2D eigenvalue weighted by atomic mass is 10.1. The van der Waals surface area contributed by atoms with E-state index in [1.807, 2.05) is 0 Å². The molecular formula is C15H11ClFNO3. The Balaban J connectivity index is 2.34. The summed E-state index contributed by atoms with van der Waals surface area (Å²) in [7, 11) is 1.13. The highest BCUT2D eigenvalue weighted by atomic mass is 35.5. The summed E-state index contributed by atoms with van der Waals surface area (Å²) in [6, 6.07) is 10.7. The van der Waals surface area contributed by atoms with E-state index in [1.54, 1.807) is 30.3 Å². The summed E-state index contributed by atoms with van der Waals surface area (Å²) < 4.78 is 18.1. The second-order valence-corrected chi connectivity index (χ2v) is 4.53. The van der Waals surface area contributed by atoms with Crippen molar-refractivity contribution in [1.82, 2.24) is 0 Å². The Morgan fingerprint density at radius 1 is 1.14 bits per heavy atom. The van der Waals surface area contributed by atoms with E-state index in [-0.39, 0.29) is 16.1 Å². The normalized spacial score (nSPS) is 10.0. The van der Waals surface area contributed by atoms with Gasteiger partial charge in [-0.05, 0) is 24.3 Å². The van der Waals surface area contributed by atoms with Crippen LogP contribution in [0.4, 0.5) is 10.1 Å². The van der Waals surface area contributed by atoms with Crippen LogP contribution in [-0.4, -0.2) is 19.0 Å². The third kappa shape index (κ3) is 3.38. The minimum absolute atomic E-state index is 0.0117. The lowest BCUT2D eigenvalue weighted by Crippen LogP contribution is -2.15. The van der Waals surface area contributed by atoms with E-state index in [4.69, 9.17) is 11.6 Å². The van der Waals surface area contributed by atoms with Gasteiger partial charge < -0.3 is 10.1 Å². The number of hydrogen-bond acceptors (Lipinski definition) is 3. The second kappa shape index (κ2) is 6.37. The summed E-state index contributed by atoms with van der Waals surface area (Å²) >= 11 is 5.86. The minimum atomic E-state index is -0.877. The van der Waals surface area contributed by atoms with Crippen molar-refractivity contribution in [3.8, 4) is 0 Å². The van der Waals surface area contributed by atoms with E-state index in [9.17, 15) is 14.0 Å². The van der Waals surface area contributed by atoms with Gasteiger partial charge in [0, 0.05) is 5.69 Å². The molecule has 108 valence electrons. The molecule has 4 nitrogen and oxygen atoms in total. The number of esters is 1. The smallest absolute Gasteiger partial charge is 0.340 e.